The molecule has 0 aliphatic heterocycles. The Bertz CT molecular complexity index is 676. The molecule has 3 nitrogen and oxygen atoms in total. The highest BCUT2D eigenvalue weighted by molar-refractivity contribution is 7.86. The molecule has 0 spiro atoms. The van der Waals surface area contributed by atoms with Gasteiger partial charge in [-0.1, -0.05) is 55.0 Å². The third-order valence-electron chi connectivity index (χ3n) is 3.62. The summed E-state index contributed by atoms with van der Waals surface area (Å²) in [4.78, 5) is 0.195. The molecule has 0 bridgehead atoms. The molecule has 4 heteroatoms. The molecular formula is C17H20O3S. The zero-order valence-electron chi connectivity index (χ0n) is 12.5. The van der Waals surface area contributed by atoms with E-state index in [0.29, 0.717) is 0 Å². The highest BCUT2D eigenvalue weighted by Gasteiger charge is 2.23. The van der Waals surface area contributed by atoms with E-state index in [1.807, 2.05) is 44.2 Å². The van der Waals surface area contributed by atoms with Crippen molar-refractivity contribution in [1.29, 1.82) is 0 Å². The molecule has 0 amide bonds. The number of hydrogen-bond acceptors (Lipinski definition) is 3. The molecular weight excluding hydrogens is 284 g/mol. The molecule has 0 heterocycles. The van der Waals surface area contributed by atoms with Crippen LogP contribution in [0, 0.1) is 6.92 Å². The van der Waals surface area contributed by atoms with E-state index < -0.39 is 16.2 Å². The maximum Gasteiger partial charge on any atom is 0.297 e. The Morgan fingerprint density at radius 3 is 2.05 bits per heavy atom. The van der Waals surface area contributed by atoms with Crippen molar-refractivity contribution in [3.63, 3.8) is 0 Å². The number of rotatable bonds is 5. The largest absolute Gasteiger partial charge is 0.297 e. The van der Waals surface area contributed by atoms with Crippen LogP contribution in [0.2, 0.25) is 0 Å². The summed E-state index contributed by atoms with van der Waals surface area (Å²) < 4.78 is 29.9. The fraction of sp³-hybridized carbons (Fsp3) is 0.294. The number of hydrogen-bond donors (Lipinski definition) is 0. The van der Waals surface area contributed by atoms with E-state index in [0.717, 1.165) is 11.1 Å². The third kappa shape index (κ3) is 3.93. The lowest BCUT2D eigenvalue weighted by atomic mass is 9.97. The summed E-state index contributed by atoms with van der Waals surface area (Å²) in [6.45, 7) is 5.66. The van der Waals surface area contributed by atoms with E-state index in [1.165, 1.54) is 0 Å². The van der Waals surface area contributed by atoms with Gasteiger partial charge in [0.15, 0.2) is 0 Å². The van der Waals surface area contributed by atoms with Gasteiger partial charge >= 0.3 is 0 Å². The van der Waals surface area contributed by atoms with Crippen LogP contribution in [0.25, 0.3) is 0 Å². The van der Waals surface area contributed by atoms with Gasteiger partial charge in [-0.15, -0.1) is 0 Å². The lowest BCUT2D eigenvalue weighted by Crippen LogP contribution is -2.21. The van der Waals surface area contributed by atoms with Gasteiger partial charge in [-0.3, -0.25) is 4.18 Å². The van der Waals surface area contributed by atoms with Crippen molar-refractivity contribution in [1.82, 2.24) is 0 Å². The van der Waals surface area contributed by atoms with Gasteiger partial charge in [0.25, 0.3) is 10.1 Å². The first kappa shape index (κ1) is 15.7. The normalized spacial score (nSPS) is 14.6. The molecule has 0 fully saturated rings. The summed E-state index contributed by atoms with van der Waals surface area (Å²) in [5.41, 5.74) is 2.07. The van der Waals surface area contributed by atoms with Gasteiger partial charge in [-0.2, -0.15) is 8.42 Å². The Hall–Kier alpha value is -1.65. The molecule has 112 valence electrons. The number of aryl methyl sites for hydroxylation is 1. The maximum atomic E-state index is 12.3. The van der Waals surface area contributed by atoms with Crippen LogP contribution in [0.1, 0.15) is 30.9 Å². The molecule has 2 aromatic rings. The van der Waals surface area contributed by atoms with Crippen LogP contribution in [0.4, 0.5) is 0 Å². The van der Waals surface area contributed by atoms with E-state index in [4.69, 9.17) is 4.18 Å². The Kier molecular flexibility index (Phi) is 4.80. The molecule has 0 aliphatic rings. The molecule has 2 aromatic carbocycles. The van der Waals surface area contributed by atoms with Crippen LogP contribution in [0.15, 0.2) is 59.5 Å². The van der Waals surface area contributed by atoms with Crippen molar-refractivity contribution < 1.29 is 12.6 Å². The molecule has 0 radical (unpaired) electrons. The molecule has 2 rings (SSSR count). The molecule has 0 aliphatic carbocycles. The molecule has 2 atom stereocenters. The number of benzene rings is 2. The topological polar surface area (TPSA) is 43.4 Å². The molecule has 0 N–H and O–H groups in total. The van der Waals surface area contributed by atoms with Crippen molar-refractivity contribution in [3.8, 4) is 0 Å². The first-order chi connectivity index (χ1) is 9.90. The predicted molar refractivity (Wildman–Crippen MR) is 83.8 cm³/mol. The Balaban J connectivity index is 2.14. The van der Waals surface area contributed by atoms with Crippen molar-refractivity contribution in [2.75, 3.05) is 0 Å². The zero-order chi connectivity index (χ0) is 15.5. The van der Waals surface area contributed by atoms with Crippen LogP contribution < -0.4 is 0 Å². The molecule has 2 unspecified atom stereocenters. The Morgan fingerprint density at radius 1 is 0.905 bits per heavy atom. The molecule has 0 saturated heterocycles. The summed E-state index contributed by atoms with van der Waals surface area (Å²) in [6, 6.07) is 16.4. The van der Waals surface area contributed by atoms with E-state index in [2.05, 4.69) is 0 Å². The van der Waals surface area contributed by atoms with Crippen molar-refractivity contribution in [3.05, 3.63) is 65.7 Å². The van der Waals surface area contributed by atoms with E-state index in [1.54, 1.807) is 31.2 Å². The van der Waals surface area contributed by atoms with Gasteiger partial charge in [-0.05, 0) is 31.5 Å². The summed E-state index contributed by atoms with van der Waals surface area (Å²) in [6.07, 6.45) is -0.432. The first-order valence-corrected chi connectivity index (χ1v) is 8.36. The average molecular weight is 304 g/mol. The SMILES string of the molecule is Cc1ccc(S(=O)(=O)OC(C)C(C)c2ccccc2)cc1. The highest BCUT2D eigenvalue weighted by Crippen LogP contribution is 2.24. The highest BCUT2D eigenvalue weighted by atomic mass is 32.2. The van der Waals surface area contributed by atoms with Crippen molar-refractivity contribution in [2.45, 2.75) is 37.7 Å². The van der Waals surface area contributed by atoms with Crippen molar-refractivity contribution >= 4 is 10.1 Å². The van der Waals surface area contributed by atoms with Gasteiger partial charge in [0.05, 0.1) is 11.0 Å². The molecule has 0 aromatic heterocycles. The minimum atomic E-state index is -3.73. The maximum absolute atomic E-state index is 12.3. The minimum Gasteiger partial charge on any atom is -0.263 e. The molecule has 0 saturated carbocycles. The van der Waals surface area contributed by atoms with Crippen LogP contribution in [0.5, 0.6) is 0 Å². The Labute approximate surface area is 126 Å². The van der Waals surface area contributed by atoms with Gasteiger partial charge in [0.2, 0.25) is 0 Å². The van der Waals surface area contributed by atoms with E-state index >= 15 is 0 Å². The van der Waals surface area contributed by atoms with Crippen LogP contribution in [-0.2, 0) is 14.3 Å². The monoisotopic (exact) mass is 304 g/mol. The summed E-state index contributed by atoms with van der Waals surface area (Å²) in [5, 5.41) is 0. The Morgan fingerprint density at radius 2 is 1.48 bits per heavy atom. The van der Waals surface area contributed by atoms with Gasteiger partial charge in [0, 0.05) is 5.92 Å². The van der Waals surface area contributed by atoms with E-state index in [9.17, 15) is 8.42 Å². The smallest absolute Gasteiger partial charge is 0.263 e. The quantitative estimate of drug-likeness (QED) is 0.787. The van der Waals surface area contributed by atoms with Crippen molar-refractivity contribution in [2.24, 2.45) is 0 Å². The minimum absolute atomic E-state index is 0.00794. The first-order valence-electron chi connectivity index (χ1n) is 6.95. The summed E-state index contributed by atoms with van der Waals surface area (Å²) >= 11 is 0. The fourth-order valence-corrected chi connectivity index (χ4v) is 3.22. The van der Waals surface area contributed by atoms with Crippen LogP contribution in [-0.4, -0.2) is 14.5 Å². The average Bonchev–Trinajstić information content (AvgIpc) is 2.47. The third-order valence-corrected chi connectivity index (χ3v) is 5.02. The fourth-order valence-electron chi connectivity index (χ4n) is 2.07. The van der Waals surface area contributed by atoms with E-state index in [-0.39, 0.29) is 10.8 Å². The van der Waals surface area contributed by atoms with Gasteiger partial charge in [-0.25, -0.2) is 0 Å². The van der Waals surface area contributed by atoms with Crippen LogP contribution in [0.3, 0.4) is 0 Å². The predicted octanol–water partition coefficient (Wildman–Crippen LogP) is 3.89. The van der Waals surface area contributed by atoms with Crippen LogP contribution >= 0.6 is 0 Å². The summed E-state index contributed by atoms with van der Waals surface area (Å²) in [5.74, 6) is -0.00794. The lowest BCUT2D eigenvalue weighted by molar-refractivity contribution is 0.203. The van der Waals surface area contributed by atoms with Gasteiger partial charge in [0.1, 0.15) is 0 Å². The van der Waals surface area contributed by atoms with Gasteiger partial charge < -0.3 is 0 Å². The standard InChI is InChI=1S/C17H20O3S/c1-13-9-11-17(12-10-13)21(18,19)20-15(3)14(2)16-7-5-4-6-8-16/h4-12,14-15H,1-3H3. The second kappa shape index (κ2) is 6.41. The summed E-state index contributed by atoms with van der Waals surface area (Å²) in [7, 11) is -3.73. The second-order valence-electron chi connectivity index (χ2n) is 5.27. The zero-order valence-corrected chi connectivity index (χ0v) is 13.3. The molecule has 21 heavy (non-hydrogen) atoms. The second-order valence-corrected chi connectivity index (χ2v) is 6.84. The lowest BCUT2D eigenvalue weighted by Gasteiger charge is -2.20.